The second-order valence-electron chi connectivity index (χ2n) is 4.97. The van der Waals surface area contributed by atoms with Crippen molar-refractivity contribution in [2.24, 2.45) is 0 Å². The minimum atomic E-state index is 0.159. The first-order valence-corrected chi connectivity index (χ1v) is 7.78. The number of nitrogens with one attached hydrogen (secondary N) is 1. The van der Waals surface area contributed by atoms with Gasteiger partial charge in [-0.25, -0.2) is 0 Å². The van der Waals surface area contributed by atoms with Gasteiger partial charge in [0, 0.05) is 4.88 Å². The van der Waals surface area contributed by atoms with Gasteiger partial charge in [0.1, 0.15) is 0 Å². The maximum atomic E-state index is 5.91. The molecule has 0 bridgehead atoms. The highest BCUT2D eigenvalue weighted by molar-refractivity contribution is 7.10. The van der Waals surface area contributed by atoms with Gasteiger partial charge in [0.15, 0.2) is 0 Å². The van der Waals surface area contributed by atoms with Crippen LogP contribution in [0.5, 0.6) is 0 Å². The molecule has 0 fully saturated rings. The first-order valence-electron chi connectivity index (χ1n) is 6.90. The molecule has 1 N–H and O–H groups in total. The molecule has 2 heterocycles. The van der Waals surface area contributed by atoms with Crippen molar-refractivity contribution in [3.63, 3.8) is 0 Å². The molecule has 2 aromatic heterocycles. The summed E-state index contributed by atoms with van der Waals surface area (Å²) in [7, 11) is 1.93. The Hall–Kier alpha value is -1.20. The Balaban J connectivity index is 1.88. The quantitative estimate of drug-likeness (QED) is 0.932. The maximum absolute atomic E-state index is 5.91. The van der Waals surface area contributed by atoms with Gasteiger partial charge in [0.2, 0.25) is 11.8 Å². The molecule has 3 rings (SSSR count). The van der Waals surface area contributed by atoms with Crippen molar-refractivity contribution in [3.05, 3.63) is 33.7 Å². The van der Waals surface area contributed by atoms with E-state index in [9.17, 15) is 0 Å². The fraction of sp³-hybridized carbons (Fsp3) is 0.571. The Bertz CT molecular complexity index is 544. The lowest BCUT2D eigenvalue weighted by Gasteiger charge is -2.19. The molecule has 0 aliphatic heterocycles. The van der Waals surface area contributed by atoms with Crippen LogP contribution in [0.15, 0.2) is 15.9 Å². The Kier molecular flexibility index (Phi) is 3.66. The van der Waals surface area contributed by atoms with E-state index in [2.05, 4.69) is 33.9 Å². The monoisotopic (exact) mass is 277 g/mol. The molecule has 0 amide bonds. The third-order valence-electron chi connectivity index (χ3n) is 3.86. The smallest absolute Gasteiger partial charge is 0.233 e. The first-order chi connectivity index (χ1) is 9.33. The summed E-state index contributed by atoms with van der Waals surface area (Å²) < 4.78 is 5.91. The van der Waals surface area contributed by atoms with Gasteiger partial charge >= 0.3 is 0 Å². The van der Waals surface area contributed by atoms with Crippen molar-refractivity contribution in [3.8, 4) is 0 Å². The summed E-state index contributed by atoms with van der Waals surface area (Å²) in [6.07, 6.45) is 4.46. The molecular weight excluding hydrogens is 258 g/mol. The third-order valence-corrected chi connectivity index (χ3v) is 4.86. The van der Waals surface area contributed by atoms with E-state index in [-0.39, 0.29) is 6.04 Å². The van der Waals surface area contributed by atoms with E-state index in [1.165, 1.54) is 23.3 Å². The molecule has 0 aromatic carbocycles. The first kappa shape index (κ1) is 12.8. The normalized spacial score (nSPS) is 20.2. The van der Waals surface area contributed by atoms with Gasteiger partial charge in [-0.05, 0) is 49.7 Å². The summed E-state index contributed by atoms with van der Waals surface area (Å²) in [5.74, 6) is 1.79. The SMILES string of the molecule is CCC(NC)c1nnc(C2CCCc3sccc32)o1. The van der Waals surface area contributed by atoms with Crippen LogP contribution in [0.1, 0.15) is 60.4 Å². The molecule has 4 nitrogen and oxygen atoms in total. The fourth-order valence-corrected chi connectivity index (χ4v) is 3.76. The van der Waals surface area contributed by atoms with Crippen molar-refractivity contribution in [2.45, 2.75) is 44.6 Å². The van der Waals surface area contributed by atoms with E-state index < -0.39 is 0 Å². The van der Waals surface area contributed by atoms with Crippen molar-refractivity contribution in [1.29, 1.82) is 0 Å². The van der Waals surface area contributed by atoms with Crippen LogP contribution >= 0.6 is 11.3 Å². The summed E-state index contributed by atoms with van der Waals surface area (Å²) in [6, 6.07) is 2.37. The van der Waals surface area contributed by atoms with Gasteiger partial charge in [-0.2, -0.15) is 0 Å². The number of aryl methyl sites for hydroxylation is 1. The van der Waals surface area contributed by atoms with E-state index in [0.717, 1.165) is 18.7 Å². The molecule has 0 spiro atoms. The minimum absolute atomic E-state index is 0.159. The van der Waals surface area contributed by atoms with Crippen molar-refractivity contribution >= 4 is 11.3 Å². The van der Waals surface area contributed by atoms with Gasteiger partial charge < -0.3 is 9.73 Å². The third kappa shape index (κ3) is 2.32. The molecule has 2 aromatic rings. The molecule has 2 unspecified atom stereocenters. The number of aromatic nitrogens is 2. The van der Waals surface area contributed by atoms with Gasteiger partial charge in [0.25, 0.3) is 0 Å². The van der Waals surface area contributed by atoms with Crippen LogP contribution in [0.4, 0.5) is 0 Å². The zero-order chi connectivity index (χ0) is 13.2. The van der Waals surface area contributed by atoms with Crippen molar-refractivity contribution in [1.82, 2.24) is 15.5 Å². The van der Waals surface area contributed by atoms with E-state index in [1.807, 2.05) is 18.4 Å². The molecular formula is C14H19N3OS. The predicted octanol–water partition coefficient (Wildman–Crippen LogP) is 3.27. The molecule has 0 saturated heterocycles. The Morgan fingerprint density at radius 3 is 3.21 bits per heavy atom. The largest absolute Gasteiger partial charge is 0.423 e. The summed E-state index contributed by atoms with van der Waals surface area (Å²) in [6.45, 7) is 2.11. The maximum Gasteiger partial charge on any atom is 0.233 e. The van der Waals surface area contributed by atoms with Crippen LogP contribution < -0.4 is 5.32 Å². The molecule has 102 valence electrons. The number of thiophene rings is 1. The van der Waals surface area contributed by atoms with E-state index in [0.29, 0.717) is 11.8 Å². The predicted molar refractivity (Wildman–Crippen MR) is 75.5 cm³/mol. The van der Waals surface area contributed by atoms with Crippen LogP contribution in [0.2, 0.25) is 0 Å². The highest BCUT2D eigenvalue weighted by Gasteiger charge is 2.28. The van der Waals surface area contributed by atoms with Crippen molar-refractivity contribution < 1.29 is 4.42 Å². The molecule has 1 aliphatic carbocycles. The van der Waals surface area contributed by atoms with Crippen LogP contribution in [-0.4, -0.2) is 17.2 Å². The zero-order valence-corrected chi connectivity index (χ0v) is 12.2. The summed E-state index contributed by atoms with van der Waals surface area (Å²) in [5.41, 5.74) is 1.39. The van der Waals surface area contributed by atoms with Gasteiger partial charge in [-0.3, -0.25) is 0 Å². The van der Waals surface area contributed by atoms with Crippen LogP contribution in [-0.2, 0) is 6.42 Å². The molecule has 19 heavy (non-hydrogen) atoms. The average Bonchev–Trinajstić information content (AvgIpc) is 3.08. The zero-order valence-electron chi connectivity index (χ0n) is 11.3. The second kappa shape index (κ2) is 5.43. The molecule has 0 saturated carbocycles. The number of nitrogens with zero attached hydrogens (tertiary/aromatic N) is 2. The molecule has 2 atom stereocenters. The highest BCUT2D eigenvalue weighted by atomic mass is 32.1. The lowest BCUT2D eigenvalue weighted by Crippen LogP contribution is -2.15. The topological polar surface area (TPSA) is 51.0 Å². The fourth-order valence-electron chi connectivity index (χ4n) is 2.77. The lowest BCUT2D eigenvalue weighted by atomic mass is 9.88. The van der Waals surface area contributed by atoms with Gasteiger partial charge in [0.05, 0.1) is 12.0 Å². The Labute approximate surface area is 117 Å². The Morgan fingerprint density at radius 2 is 2.42 bits per heavy atom. The van der Waals surface area contributed by atoms with Gasteiger partial charge in [-0.15, -0.1) is 21.5 Å². The molecule has 0 radical (unpaired) electrons. The second-order valence-corrected chi connectivity index (χ2v) is 5.97. The highest BCUT2D eigenvalue weighted by Crippen LogP contribution is 2.38. The lowest BCUT2D eigenvalue weighted by molar-refractivity contribution is 0.369. The van der Waals surface area contributed by atoms with Crippen LogP contribution in [0.25, 0.3) is 0 Å². The summed E-state index contributed by atoms with van der Waals surface area (Å²) in [5, 5.41) is 13.9. The van der Waals surface area contributed by atoms with E-state index in [4.69, 9.17) is 4.42 Å². The number of hydrogen-bond acceptors (Lipinski definition) is 5. The number of rotatable bonds is 4. The standard InChI is InChI=1S/C14H19N3OS/c1-3-11(15-2)14-17-16-13(18-14)10-5-4-6-12-9(10)7-8-19-12/h7-8,10-11,15H,3-6H2,1-2H3. The van der Waals surface area contributed by atoms with E-state index >= 15 is 0 Å². The number of fused-ring (bicyclic) bond motifs is 1. The average molecular weight is 277 g/mol. The van der Waals surface area contributed by atoms with Crippen molar-refractivity contribution in [2.75, 3.05) is 7.05 Å². The minimum Gasteiger partial charge on any atom is -0.423 e. The van der Waals surface area contributed by atoms with Crippen LogP contribution in [0, 0.1) is 0 Å². The summed E-state index contributed by atoms with van der Waals surface area (Å²) >= 11 is 1.84. The van der Waals surface area contributed by atoms with Gasteiger partial charge in [-0.1, -0.05) is 6.92 Å². The number of hydrogen-bond donors (Lipinski definition) is 1. The summed E-state index contributed by atoms with van der Waals surface area (Å²) in [4.78, 5) is 1.48. The van der Waals surface area contributed by atoms with E-state index in [1.54, 1.807) is 0 Å². The molecule has 1 aliphatic rings. The molecule has 5 heteroatoms. The Morgan fingerprint density at radius 1 is 1.53 bits per heavy atom. The van der Waals surface area contributed by atoms with Crippen LogP contribution in [0.3, 0.4) is 0 Å².